The number of pyridine rings is 1. The van der Waals surface area contributed by atoms with Crippen LogP contribution in [-0.2, 0) is 6.54 Å². The summed E-state index contributed by atoms with van der Waals surface area (Å²) in [5.41, 5.74) is 1.07. The van der Waals surface area contributed by atoms with Gasteiger partial charge in [-0.3, -0.25) is 4.39 Å². The van der Waals surface area contributed by atoms with Gasteiger partial charge >= 0.3 is 0 Å². The zero-order valence-corrected chi connectivity index (χ0v) is 8.29. The molecule has 0 aliphatic rings. The van der Waals surface area contributed by atoms with Crippen LogP contribution in [0, 0.1) is 0 Å². The Labute approximate surface area is 83.3 Å². The highest BCUT2D eigenvalue weighted by Crippen LogP contribution is 2.05. The van der Waals surface area contributed by atoms with Crippen LogP contribution >= 0.6 is 0 Å². The average Bonchev–Trinajstić information content (AvgIpc) is 2.25. The number of nitrogens with zero attached hydrogens (tertiary/aromatic N) is 1. The van der Waals surface area contributed by atoms with E-state index in [1.54, 1.807) is 13.3 Å². The second kappa shape index (κ2) is 6.32. The zero-order valence-electron chi connectivity index (χ0n) is 8.29. The smallest absolute Gasteiger partial charge is 0.212 e. The van der Waals surface area contributed by atoms with Crippen LogP contribution in [0.4, 0.5) is 4.39 Å². The number of ether oxygens (including phenoxy) is 1. The van der Waals surface area contributed by atoms with Crippen LogP contribution in [0.3, 0.4) is 0 Å². The lowest BCUT2D eigenvalue weighted by Gasteiger charge is -2.03. The highest BCUT2D eigenvalue weighted by Gasteiger charge is 1.94. The number of hydrogen-bond donors (Lipinski definition) is 1. The van der Waals surface area contributed by atoms with Crippen molar-refractivity contribution in [2.75, 3.05) is 20.3 Å². The number of rotatable bonds is 6. The molecule has 0 saturated carbocycles. The van der Waals surface area contributed by atoms with E-state index >= 15 is 0 Å². The van der Waals surface area contributed by atoms with Crippen LogP contribution in [0.25, 0.3) is 0 Å². The quantitative estimate of drug-likeness (QED) is 0.704. The molecular weight excluding hydrogens is 183 g/mol. The summed E-state index contributed by atoms with van der Waals surface area (Å²) >= 11 is 0. The average molecular weight is 198 g/mol. The Morgan fingerprint density at radius 1 is 1.50 bits per heavy atom. The molecule has 0 aliphatic carbocycles. The number of nitrogens with one attached hydrogen (secondary N) is 1. The second-order valence-electron chi connectivity index (χ2n) is 2.93. The minimum absolute atomic E-state index is 0.270. The topological polar surface area (TPSA) is 34.1 Å². The number of aromatic nitrogens is 1. The molecule has 1 N–H and O–H groups in total. The van der Waals surface area contributed by atoms with Crippen LogP contribution in [-0.4, -0.2) is 25.3 Å². The molecule has 1 aromatic rings. The number of hydrogen-bond acceptors (Lipinski definition) is 3. The molecule has 0 unspecified atom stereocenters. The molecule has 0 aromatic carbocycles. The lowest BCUT2D eigenvalue weighted by Crippen LogP contribution is -2.15. The summed E-state index contributed by atoms with van der Waals surface area (Å²) in [5.74, 6) is 0.609. The van der Waals surface area contributed by atoms with Gasteiger partial charge in [-0.1, -0.05) is 6.07 Å². The van der Waals surface area contributed by atoms with Crippen molar-refractivity contribution in [3.8, 4) is 5.88 Å². The molecule has 78 valence electrons. The monoisotopic (exact) mass is 198 g/mol. The summed E-state index contributed by atoms with van der Waals surface area (Å²) in [6, 6.07) is 3.75. The first-order valence-electron chi connectivity index (χ1n) is 4.62. The SMILES string of the molecule is COc1ccc(CNCCCF)cn1. The Balaban J connectivity index is 2.29. The third-order valence-corrected chi connectivity index (χ3v) is 1.82. The lowest BCUT2D eigenvalue weighted by atomic mass is 10.3. The van der Waals surface area contributed by atoms with Gasteiger partial charge in [-0.15, -0.1) is 0 Å². The van der Waals surface area contributed by atoms with E-state index < -0.39 is 0 Å². The lowest BCUT2D eigenvalue weighted by molar-refractivity contribution is 0.397. The van der Waals surface area contributed by atoms with Gasteiger partial charge in [-0.25, -0.2) is 4.98 Å². The molecule has 0 radical (unpaired) electrons. The van der Waals surface area contributed by atoms with Crippen LogP contribution in [0.5, 0.6) is 5.88 Å². The third-order valence-electron chi connectivity index (χ3n) is 1.82. The highest BCUT2D eigenvalue weighted by atomic mass is 19.1. The van der Waals surface area contributed by atoms with Crippen LogP contribution in [0.15, 0.2) is 18.3 Å². The van der Waals surface area contributed by atoms with E-state index in [1.807, 2.05) is 12.1 Å². The van der Waals surface area contributed by atoms with Crippen LogP contribution in [0.2, 0.25) is 0 Å². The van der Waals surface area contributed by atoms with Gasteiger partial charge in [0.25, 0.3) is 0 Å². The van der Waals surface area contributed by atoms with E-state index in [9.17, 15) is 4.39 Å². The highest BCUT2D eigenvalue weighted by molar-refractivity contribution is 5.17. The first kappa shape index (κ1) is 10.9. The molecule has 0 amide bonds. The van der Waals surface area contributed by atoms with Crippen LogP contribution in [0.1, 0.15) is 12.0 Å². The molecule has 0 bridgehead atoms. The summed E-state index contributed by atoms with van der Waals surface area (Å²) in [6.45, 7) is 1.15. The van der Waals surface area contributed by atoms with Gasteiger partial charge in [0.2, 0.25) is 5.88 Å². The molecule has 1 rings (SSSR count). The van der Waals surface area contributed by atoms with Crippen molar-refractivity contribution in [3.05, 3.63) is 23.9 Å². The maximum Gasteiger partial charge on any atom is 0.212 e. The maximum atomic E-state index is 11.7. The van der Waals surface area contributed by atoms with Crippen LogP contribution < -0.4 is 10.1 Å². The minimum atomic E-state index is -0.270. The Morgan fingerprint density at radius 2 is 2.36 bits per heavy atom. The van der Waals surface area contributed by atoms with Crippen molar-refractivity contribution in [1.29, 1.82) is 0 Å². The van der Waals surface area contributed by atoms with Gasteiger partial charge < -0.3 is 10.1 Å². The number of alkyl halides is 1. The largest absolute Gasteiger partial charge is 0.481 e. The fourth-order valence-electron chi connectivity index (χ4n) is 1.06. The predicted molar refractivity (Wildman–Crippen MR) is 53.1 cm³/mol. The van der Waals surface area contributed by atoms with E-state index in [0.29, 0.717) is 18.8 Å². The van der Waals surface area contributed by atoms with Gasteiger partial charge in [0.1, 0.15) is 0 Å². The van der Waals surface area contributed by atoms with Crippen molar-refractivity contribution in [3.63, 3.8) is 0 Å². The summed E-state index contributed by atoms with van der Waals surface area (Å²) < 4.78 is 16.7. The molecule has 1 aromatic heterocycles. The predicted octanol–water partition coefficient (Wildman–Crippen LogP) is 1.54. The van der Waals surface area contributed by atoms with Crippen molar-refractivity contribution in [2.24, 2.45) is 0 Å². The number of methoxy groups -OCH3 is 1. The number of halogens is 1. The Bertz CT molecular complexity index is 251. The summed E-state index contributed by atoms with van der Waals surface area (Å²) in [4.78, 5) is 4.06. The Kier molecular flexibility index (Phi) is 4.93. The first-order chi connectivity index (χ1) is 6.86. The van der Waals surface area contributed by atoms with Gasteiger partial charge in [-0.2, -0.15) is 0 Å². The molecule has 0 atom stereocenters. The molecule has 0 fully saturated rings. The van der Waals surface area contributed by atoms with Crippen molar-refractivity contribution < 1.29 is 9.13 Å². The molecule has 1 heterocycles. The molecule has 4 heteroatoms. The Morgan fingerprint density at radius 3 is 2.93 bits per heavy atom. The van der Waals surface area contributed by atoms with E-state index in [-0.39, 0.29) is 6.67 Å². The standard InChI is InChI=1S/C10H15FN2O/c1-14-10-4-3-9(8-13-10)7-12-6-2-5-11/h3-4,8,12H,2,5-7H2,1H3. The third kappa shape index (κ3) is 3.70. The zero-order chi connectivity index (χ0) is 10.2. The van der Waals surface area contributed by atoms with E-state index in [2.05, 4.69) is 10.3 Å². The van der Waals surface area contributed by atoms with E-state index in [1.165, 1.54) is 0 Å². The fraction of sp³-hybridized carbons (Fsp3) is 0.500. The van der Waals surface area contributed by atoms with Crippen molar-refractivity contribution in [2.45, 2.75) is 13.0 Å². The van der Waals surface area contributed by atoms with E-state index in [0.717, 1.165) is 12.1 Å². The molecule has 0 aliphatic heterocycles. The van der Waals surface area contributed by atoms with Gasteiger partial charge in [0.15, 0.2) is 0 Å². The summed E-state index contributed by atoms with van der Waals surface area (Å²) in [6.07, 6.45) is 2.31. The summed E-state index contributed by atoms with van der Waals surface area (Å²) in [7, 11) is 1.58. The normalized spacial score (nSPS) is 10.1. The molecule has 14 heavy (non-hydrogen) atoms. The minimum Gasteiger partial charge on any atom is -0.481 e. The van der Waals surface area contributed by atoms with Gasteiger partial charge in [0.05, 0.1) is 13.8 Å². The fourth-order valence-corrected chi connectivity index (χ4v) is 1.06. The molecule has 0 spiro atoms. The molecule has 0 saturated heterocycles. The maximum absolute atomic E-state index is 11.7. The Hall–Kier alpha value is -1.16. The van der Waals surface area contributed by atoms with Gasteiger partial charge in [0, 0.05) is 18.8 Å². The first-order valence-corrected chi connectivity index (χ1v) is 4.62. The van der Waals surface area contributed by atoms with Crippen molar-refractivity contribution in [1.82, 2.24) is 10.3 Å². The van der Waals surface area contributed by atoms with Crippen molar-refractivity contribution >= 4 is 0 Å². The van der Waals surface area contributed by atoms with E-state index in [4.69, 9.17) is 4.74 Å². The molecule has 3 nitrogen and oxygen atoms in total. The second-order valence-corrected chi connectivity index (χ2v) is 2.93. The molecular formula is C10H15FN2O. The summed E-state index contributed by atoms with van der Waals surface area (Å²) in [5, 5.41) is 3.12. The van der Waals surface area contributed by atoms with Gasteiger partial charge in [-0.05, 0) is 18.5 Å².